The van der Waals surface area contributed by atoms with Crippen molar-refractivity contribution in [2.45, 2.75) is 20.3 Å². The number of rotatable bonds is 8. The van der Waals surface area contributed by atoms with Crippen molar-refractivity contribution in [1.29, 1.82) is 0 Å². The van der Waals surface area contributed by atoms with E-state index < -0.39 is 0 Å². The molecule has 2 heterocycles. The average molecular weight is 465 g/mol. The Hall–Kier alpha value is -2.74. The van der Waals surface area contributed by atoms with Crippen molar-refractivity contribution in [2.75, 3.05) is 51.7 Å². The summed E-state index contributed by atoms with van der Waals surface area (Å²) in [6.07, 6.45) is 1.03. The molecule has 1 aliphatic rings. The third-order valence-corrected chi connectivity index (χ3v) is 7.02. The third kappa shape index (κ3) is 6.41. The van der Waals surface area contributed by atoms with Gasteiger partial charge in [-0.3, -0.25) is 9.69 Å². The van der Waals surface area contributed by atoms with Gasteiger partial charge in [0.1, 0.15) is 5.75 Å². The van der Waals surface area contributed by atoms with Gasteiger partial charge in [0.15, 0.2) is 5.13 Å². The molecule has 4 rings (SSSR count). The van der Waals surface area contributed by atoms with Crippen LogP contribution in [0, 0.1) is 13.8 Å². The first kappa shape index (κ1) is 23.4. The Bertz CT molecular complexity index is 1070. The Morgan fingerprint density at radius 1 is 1.03 bits per heavy atom. The molecule has 1 aromatic heterocycles. The van der Waals surface area contributed by atoms with Gasteiger partial charge in [-0.05, 0) is 55.2 Å². The average Bonchev–Trinajstić information content (AvgIpc) is 3.29. The van der Waals surface area contributed by atoms with Gasteiger partial charge in [0.25, 0.3) is 0 Å². The number of anilines is 1. The molecule has 0 saturated carbocycles. The van der Waals surface area contributed by atoms with Gasteiger partial charge in [-0.15, -0.1) is 11.3 Å². The molecule has 0 atom stereocenters. The fourth-order valence-electron chi connectivity index (χ4n) is 3.98. The van der Waals surface area contributed by atoms with E-state index in [0.717, 1.165) is 56.2 Å². The first-order valence-corrected chi connectivity index (χ1v) is 12.3. The molecule has 2 aromatic carbocycles. The highest BCUT2D eigenvalue weighted by atomic mass is 32.1. The van der Waals surface area contributed by atoms with E-state index in [9.17, 15) is 4.79 Å². The van der Waals surface area contributed by atoms with Gasteiger partial charge in [0.05, 0.1) is 19.3 Å². The zero-order valence-electron chi connectivity index (χ0n) is 19.6. The highest BCUT2D eigenvalue weighted by Crippen LogP contribution is 2.26. The summed E-state index contributed by atoms with van der Waals surface area (Å²) in [5, 5.41) is 5.64. The molecular formula is C26H32N4O2S. The number of carbonyl (C=O) groups excluding carboxylic acids is 1. The lowest BCUT2D eigenvalue weighted by Gasteiger charge is -2.34. The molecular weight excluding hydrogens is 432 g/mol. The highest BCUT2D eigenvalue weighted by Gasteiger charge is 2.19. The van der Waals surface area contributed by atoms with Crippen LogP contribution in [0.2, 0.25) is 0 Å². The van der Waals surface area contributed by atoms with Crippen LogP contribution in [0.1, 0.15) is 16.7 Å². The third-order valence-electron chi connectivity index (χ3n) is 6.26. The lowest BCUT2D eigenvalue weighted by molar-refractivity contribution is -0.117. The van der Waals surface area contributed by atoms with Gasteiger partial charge in [-0.25, -0.2) is 4.98 Å². The van der Waals surface area contributed by atoms with E-state index in [1.807, 2.05) is 17.5 Å². The zero-order chi connectivity index (χ0) is 23.2. The second-order valence-electron chi connectivity index (χ2n) is 8.60. The molecule has 0 bridgehead atoms. The molecule has 1 N–H and O–H groups in total. The summed E-state index contributed by atoms with van der Waals surface area (Å²) in [7, 11) is 1.69. The minimum atomic E-state index is 0.00247. The molecule has 7 heteroatoms. The van der Waals surface area contributed by atoms with Gasteiger partial charge in [-0.1, -0.05) is 24.3 Å². The van der Waals surface area contributed by atoms with Crippen molar-refractivity contribution in [3.8, 4) is 17.0 Å². The van der Waals surface area contributed by atoms with Gasteiger partial charge in [0, 0.05) is 43.7 Å². The van der Waals surface area contributed by atoms with Crippen LogP contribution in [-0.4, -0.2) is 67.1 Å². The summed E-state index contributed by atoms with van der Waals surface area (Å²) >= 11 is 1.47. The number of hydrogen-bond acceptors (Lipinski definition) is 6. The molecule has 174 valence electrons. The molecule has 3 aromatic rings. The van der Waals surface area contributed by atoms with Gasteiger partial charge < -0.3 is 15.0 Å². The smallest absolute Gasteiger partial charge is 0.240 e. The number of thiazole rings is 1. The maximum Gasteiger partial charge on any atom is 0.240 e. The summed E-state index contributed by atoms with van der Waals surface area (Å²) in [5.41, 5.74) is 5.82. The van der Waals surface area contributed by atoms with E-state index in [2.05, 4.69) is 64.3 Å². The number of aromatic nitrogens is 1. The molecule has 1 amide bonds. The number of methoxy groups -OCH3 is 1. The van der Waals surface area contributed by atoms with Crippen LogP contribution in [-0.2, 0) is 11.2 Å². The van der Waals surface area contributed by atoms with Crippen LogP contribution in [0.25, 0.3) is 11.3 Å². The minimum Gasteiger partial charge on any atom is -0.497 e. The highest BCUT2D eigenvalue weighted by molar-refractivity contribution is 7.14. The monoisotopic (exact) mass is 464 g/mol. The van der Waals surface area contributed by atoms with Crippen LogP contribution in [0.4, 0.5) is 5.13 Å². The topological polar surface area (TPSA) is 57.7 Å². The zero-order valence-corrected chi connectivity index (χ0v) is 20.5. The van der Waals surface area contributed by atoms with E-state index in [1.165, 1.54) is 28.0 Å². The normalized spacial score (nSPS) is 14.9. The summed E-state index contributed by atoms with van der Waals surface area (Å²) in [4.78, 5) is 21.9. The molecule has 1 fully saturated rings. The number of nitrogens with zero attached hydrogens (tertiary/aromatic N) is 3. The maximum absolute atomic E-state index is 12.6. The predicted octanol–water partition coefficient (Wildman–Crippen LogP) is 4.23. The second kappa shape index (κ2) is 10.9. The van der Waals surface area contributed by atoms with Crippen LogP contribution >= 0.6 is 11.3 Å². The number of aryl methyl sites for hydroxylation is 2. The van der Waals surface area contributed by atoms with Crippen molar-refractivity contribution in [1.82, 2.24) is 14.8 Å². The quantitative estimate of drug-likeness (QED) is 0.541. The van der Waals surface area contributed by atoms with E-state index in [4.69, 9.17) is 4.74 Å². The second-order valence-corrected chi connectivity index (χ2v) is 9.46. The van der Waals surface area contributed by atoms with Crippen LogP contribution in [0.3, 0.4) is 0 Å². The summed E-state index contributed by atoms with van der Waals surface area (Å²) in [5.74, 6) is 0.896. The van der Waals surface area contributed by atoms with Gasteiger partial charge in [0.2, 0.25) is 5.91 Å². The van der Waals surface area contributed by atoms with E-state index in [-0.39, 0.29) is 5.91 Å². The number of carbonyl (C=O) groups is 1. The summed E-state index contributed by atoms with van der Waals surface area (Å²) in [6.45, 7) is 9.43. The van der Waals surface area contributed by atoms with Gasteiger partial charge >= 0.3 is 0 Å². The number of ether oxygens (including phenoxy) is 1. The summed E-state index contributed by atoms with van der Waals surface area (Å²) in [6, 6.07) is 14.6. The molecule has 6 nitrogen and oxygen atoms in total. The van der Waals surface area contributed by atoms with Crippen LogP contribution in [0.5, 0.6) is 5.75 Å². The number of amides is 1. The first-order chi connectivity index (χ1) is 16.0. The number of piperazine rings is 1. The Morgan fingerprint density at radius 3 is 2.45 bits per heavy atom. The fraction of sp³-hybridized carbons (Fsp3) is 0.385. The molecule has 1 saturated heterocycles. The Kier molecular flexibility index (Phi) is 7.75. The predicted molar refractivity (Wildman–Crippen MR) is 135 cm³/mol. The van der Waals surface area contributed by atoms with Crippen molar-refractivity contribution >= 4 is 22.4 Å². The largest absolute Gasteiger partial charge is 0.497 e. The fourth-order valence-corrected chi connectivity index (χ4v) is 4.71. The van der Waals surface area contributed by atoms with Gasteiger partial charge in [-0.2, -0.15) is 0 Å². The lowest BCUT2D eigenvalue weighted by Crippen LogP contribution is -2.49. The van der Waals surface area contributed by atoms with E-state index in [1.54, 1.807) is 7.11 Å². The van der Waals surface area contributed by atoms with Crippen molar-refractivity contribution in [2.24, 2.45) is 0 Å². The molecule has 0 radical (unpaired) electrons. The number of hydrogen-bond donors (Lipinski definition) is 1. The summed E-state index contributed by atoms with van der Waals surface area (Å²) < 4.78 is 5.22. The molecule has 33 heavy (non-hydrogen) atoms. The SMILES string of the molecule is COc1ccc(CCN2CCN(CC(=O)Nc3nc(-c4ccc(C)c(C)c4)cs3)CC2)cc1. The lowest BCUT2D eigenvalue weighted by atomic mass is 10.1. The molecule has 1 aliphatic heterocycles. The standard InChI is InChI=1S/C26H32N4O2S/c1-19-4-7-22(16-20(19)2)24-18-33-26(27-24)28-25(31)17-30-14-12-29(13-15-30)11-10-21-5-8-23(32-3)9-6-21/h4-9,16,18H,10-15,17H2,1-3H3,(H,27,28,31). The maximum atomic E-state index is 12.6. The van der Waals surface area contributed by atoms with Crippen molar-refractivity contribution in [3.63, 3.8) is 0 Å². The minimum absolute atomic E-state index is 0.00247. The number of nitrogens with one attached hydrogen (secondary N) is 1. The Labute approximate surface area is 200 Å². The first-order valence-electron chi connectivity index (χ1n) is 11.4. The van der Waals surface area contributed by atoms with Crippen molar-refractivity contribution in [3.05, 3.63) is 64.5 Å². The van der Waals surface area contributed by atoms with Crippen LogP contribution < -0.4 is 10.1 Å². The molecule has 0 spiro atoms. The molecule has 0 unspecified atom stereocenters. The number of benzene rings is 2. The van der Waals surface area contributed by atoms with Crippen LogP contribution in [0.15, 0.2) is 47.8 Å². The molecule has 0 aliphatic carbocycles. The Morgan fingerprint density at radius 2 is 1.76 bits per heavy atom. The van der Waals surface area contributed by atoms with Crippen molar-refractivity contribution < 1.29 is 9.53 Å². The van der Waals surface area contributed by atoms with E-state index in [0.29, 0.717) is 11.7 Å². The van der Waals surface area contributed by atoms with E-state index >= 15 is 0 Å². The Balaban J connectivity index is 1.20.